The highest BCUT2D eigenvalue weighted by molar-refractivity contribution is 6.31. The number of carbonyl (C=O) groups is 1. The fourth-order valence-corrected chi connectivity index (χ4v) is 2.92. The van der Waals surface area contributed by atoms with E-state index < -0.39 is 5.63 Å². The van der Waals surface area contributed by atoms with Gasteiger partial charge in [0.25, 0.3) is 0 Å². The van der Waals surface area contributed by atoms with E-state index in [1.807, 2.05) is 32.0 Å². The molecule has 0 unspecified atom stereocenters. The fraction of sp³-hybridized carbons (Fsp3) is 0.273. The van der Waals surface area contributed by atoms with Crippen LogP contribution in [-0.2, 0) is 16.1 Å². The van der Waals surface area contributed by atoms with E-state index in [1.54, 1.807) is 18.2 Å². The van der Waals surface area contributed by atoms with Gasteiger partial charge in [-0.25, -0.2) is 4.79 Å². The second-order valence-corrected chi connectivity index (χ2v) is 7.02. The van der Waals surface area contributed by atoms with Gasteiger partial charge in [-0.1, -0.05) is 23.7 Å². The van der Waals surface area contributed by atoms with Crippen molar-refractivity contribution < 1.29 is 18.7 Å². The van der Waals surface area contributed by atoms with Crippen molar-refractivity contribution in [1.29, 1.82) is 0 Å². The average Bonchev–Trinajstić information content (AvgIpc) is 2.65. The molecule has 0 saturated heterocycles. The number of hydrogen-bond acceptors (Lipinski definition) is 5. The molecule has 0 saturated carbocycles. The summed E-state index contributed by atoms with van der Waals surface area (Å²) in [6, 6.07) is 12.4. The molecule has 5 nitrogen and oxygen atoms in total. The van der Waals surface area contributed by atoms with Gasteiger partial charge in [-0.05, 0) is 55.7 Å². The van der Waals surface area contributed by atoms with Crippen LogP contribution in [0.1, 0.15) is 29.5 Å². The second-order valence-electron chi connectivity index (χ2n) is 6.61. The monoisotopic (exact) mass is 400 g/mol. The third-order valence-electron chi connectivity index (χ3n) is 4.30. The molecule has 2 aromatic carbocycles. The van der Waals surface area contributed by atoms with Gasteiger partial charge < -0.3 is 13.9 Å². The molecular weight excluding hydrogens is 380 g/mol. The third kappa shape index (κ3) is 5.14. The Morgan fingerprint density at radius 2 is 1.93 bits per heavy atom. The first-order valence-corrected chi connectivity index (χ1v) is 9.38. The average molecular weight is 401 g/mol. The highest BCUT2D eigenvalue weighted by atomic mass is 35.5. The van der Waals surface area contributed by atoms with E-state index in [-0.39, 0.29) is 19.0 Å². The standard InChI is InChI=1S/C22H21ClO5/c1-14-5-7-18-16(12-22(25)28-20(18)10-14)13-27-21(24)4-3-9-26-17-6-8-19(23)15(2)11-17/h5-8,10-12H,3-4,9,13H2,1-2H3. The number of halogens is 1. The van der Waals surface area contributed by atoms with Crippen molar-refractivity contribution in [3.05, 3.63) is 74.6 Å². The minimum atomic E-state index is -0.462. The van der Waals surface area contributed by atoms with Crippen LogP contribution in [0.3, 0.4) is 0 Å². The Balaban J connectivity index is 1.50. The number of hydrogen-bond donors (Lipinski definition) is 0. The van der Waals surface area contributed by atoms with Gasteiger partial charge in [0, 0.05) is 28.5 Å². The Morgan fingerprint density at radius 1 is 1.11 bits per heavy atom. The van der Waals surface area contributed by atoms with E-state index in [1.165, 1.54) is 6.07 Å². The number of esters is 1. The minimum absolute atomic E-state index is 0.0290. The molecule has 0 bridgehead atoms. The first kappa shape index (κ1) is 20.0. The number of benzene rings is 2. The molecule has 0 atom stereocenters. The van der Waals surface area contributed by atoms with Gasteiger partial charge in [-0.15, -0.1) is 0 Å². The third-order valence-corrected chi connectivity index (χ3v) is 4.72. The molecule has 3 rings (SSSR count). The molecule has 1 aromatic heterocycles. The lowest BCUT2D eigenvalue weighted by Crippen LogP contribution is -2.09. The van der Waals surface area contributed by atoms with Crippen LogP contribution in [0, 0.1) is 13.8 Å². The highest BCUT2D eigenvalue weighted by Gasteiger charge is 2.09. The molecule has 0 aliphatic carbocycles. The quantitative estimate of drug-likeness (QED) is 0.318. The van der Waals surface area contributed by atoms with E-state index in [9.17, 15) is 9.59 Å². The maximum atomic E-state index is 12.0. The molecule has 0 aliphatic rings. The van der Waals surface area contributed by atoms with Gasteiger partial charge in [-0.3, -0.25) is 4.79 Å². The summed E-state index contributed by atoms with van der Waals surface area (Å²) in [6.45, 7) is 4.25. The van der Waals surface area contributed by atoms with E-state index in [0.717, 1.165) is 16.5 Å². The van der Waals surface area contributed by atoms with Crippen LogP contribution >= 0.6 is 11.6 Å². The van der Waals surface area contributed by atoms with E-state index in [2.05, 4.69) is 0 Å². The van der Waals surface area contributed by atoms with Crippen molar-refractivity contribution in [1.82, 2.24) is 0 Å². The van der Waals surface area contributed by atoms with Gasteiger partial charge in [0.05, 0.1) is 6.61 Å². The molecule has 146 valence electrons. The molecule has 28 heavy (non-hydrogen) atoms. The Hall–Kier alpha value is -2.79. The molecule has 0 radical (unpaired) electrons. The smallest absolute Gasteiger partial charge is 0.336 e. The summed E-state index contributed by atoms with van der Waals surface area (Å²) in [5.74, 6) is 0.373. The Labute approximate surface area is 167 Å². The molecule has 0 N–H and O–H groups in total. The number of ether oxygens (including phenoxy) is 2. The zero-order valence-corrected chi connectivity index (χ0v) is 16.5. The summed E-state index contributed by atoms with van der Waals surface area (Å²) in [6.07, 6.45) is 0.752. The SMILES string of the molecule is Cc1ccc2c(COC(=O)CCCOc3ccc(Cl)c(C)c3)cc(=O)oc2c1. The van der Waals surface area contributed by atoms with Gasteiger partial charge in [0.1, 0.15) is 17.9 Å². The lowest BCUT2D eigenvalue weighted by molar-refractivity contribution is -0.145. The predicted molar refractivity (Wildman–Crippen MR) is 108 cm³/mol. The number of rotatable bonds is 7. The number of aryl methyl sites for hydroxylation is 2. The van der Waals surface area contributed by atoms with Gasteiger partial charge in [-0.2, -0.15) is 0 Å². The largest absolute Gasteiger partial charge is 0.494 e. The molecule has 1 heterocycles. The molecule has 6 heteroatoms. The van der Waals surface area contributed by atoms with Crippen LogP contribution in [-0.4, -0.2) is 12.6 Å². The first-order valence-electron chi connectivity index (χ1n) is 9.00. The van der Waals surface area contributed by atoms with Gasteiger partial charge >= 0.3 is 11.6 Å². The zero-order chi connectivity index (χ0) is 20.1. The van der Waals surface area contributed by atoms with Crippen LogP contribution < -0.4 is 10.4 Å². The zero-order valence-electron chi connectivity index (χ0n) is 15.8. The molecule has 3 aromatic rings. The number of carbonyl (C=O) groups excluding carboxylic acids is 1. The first-order chi connectivity index (χ1) is 13.4. The van der Waals surface area contributed by atoms with Crippen molar-refractivity contribution in [2.24, 2.45) is 0 Å². The molecule has 0 spiro atoms. The summed E-state index contributed by atoms with van der Waals surface area (Å²) in [7, 11) is 0. The fourth-order valence-electron chi connectivity index (χ4n) is 2.80. The van der Waals surface area contributed by atoms with Crippen molar-refractivity contribution in [3.8, 4) is 5.75 Å². The van der Waals surface area contributed by atoms with Crippen LogP contribution in [0.5, 0.6) is 5.75 Å². The minimum Gasteiger partial charge on any atom is -0.494 e. The highest BCUT2D eigenvalue weighted by Crippen LogP contribution is 2.21. The summed E-state index contributed by atoms with van der Waals surface area (Å²) >= 11 is 5.98. The number of fused-ring (bicyclic) bond motifs is 1. The maximum absolute atomic E-state index is 12.0. The topological polar surface area (TPSA) is 65.7 Å². The van der Waals surface area contributed by atoms with Crippen LogP contribution in [0.15, 0.2) is 51.7 Å². The van der Waals surface area contributed by atoms with Crippen molar-refractivity contribution >= 4 is 28.5 Å². The summed E-state index contributed by atoms with van der Waals surface area (Å²) in [5.41, 5.74) is 2.59. The Bertz CT molecular complexity index is 1050. The van der Waals surface area contributed by atoms with Crippen molar-refractivity contribution in [2.75, 3.05) is 6.61 Å². The Kier molecular flexibility index (Phi) is 6.37. The van der Waals surface area contributed by atoms with Crippen LogP contribution in [0.4, 0.5) is 0 Å². The predicted octanol–water partition coefficient (Wildman–Crippen LogP) is 4.97. The van der Waals surface area contributed by atoms with Crippen LogP contribution in [0.2, 0.25) is 5.02 Å². The Morgan fingerprint density at radius 3 is 2.71 bits per heavy atom. The summed E-state index contributed by atoms with van der Waals surface area (Å²) in [5, 5.41) is 1.45. The molecular formula is C22H21ClO5. The summed E-state index contributed by atoms with van der Waals surface area (Å²) in [4.78, 5) is 23.7. The van der Waals surface area contributed by atoms with Crippen LogP contribution in [0.25, 0.3) is 11.0 Å². The normalized spacial score (nSPS) is 10.8. The van der Waals surface area contributed by atoms with E-state index in [4.69, 9.17) is 25.5 Å². The van der Waals surface area contributed by atoms with E-state index >= 15 is 0 Å². The molecule has 0 aliphatic heterocycles. The van der Waals surface area contributed by atoms with Crippen molar-refractivity contribution in [2.45, 2.75) is 33.3 Å². The molecule has 0 amide bonds. The van der Waals surface area contributed by atoms with Gasteiger partial charge in [0.2, 0.25) is 0 Å². The lowest BCUT2D eigenvalue weighted by atomic mass is 10.1. The summed E-state index contributed by atoms with van der Waals surface area (Å²) < 4.78 is 16.1. The maximum Gasteiger partial charge on any atom is 0.336 e. The molecule has 0 fully saturated rings. The van der Waals surface area contributed by atoms with Gasteiger partial charge in [0.15, 0.2) is 0 Å². The van der Waals surface area contributed by atoms with E-state index in [0.29, 0.717) is 34.9 Å². The second kappa shape index (κ2) is 8.93. The lowest BCUT2D eigenvalue weighted by Gasteiger charge is -2.09. The van der Waals surface area contributed by atoms with Crippen molar-refractivity contribution in [3.63, 3.8) is 0 Å².